The van der Waals surface area contributed by atoms with Crippen molar-refractivity contribution in [2.24, 2.45) is 0 Å². The maximum absolute atomic E-state index is 3.79. The summed E-state index contributed by atoms with van der Waals surface area (Å²) in [5.41, 5.74) is 15.6. The Bertz CT molecular complexity index is 2860. The molecule has 0 aromatic heterocycles. The Balaban J connectivity index is 1.40. The summed E-state index contributed by atoms with van der Waals surface area (Å²) in [6, 6.07) is 71.6. The van der Waals surface area contributed by atoms with Gasteiger partial charge in [-0.05, 0) is 0 Å². The van der Waals surface area contributed by atoms with Crippen molar-refractivity contribution in [1.82, 2.24) is 0 Å². The van der Waals surface area contributed by atoms with Crippen molar-refractivity contribution >= 4 is 61.5 Å². The van der Waals surface area contributed by atoms with Gasteiger partial charge in [0.25, 0.3) is 0 Å². The van der Waals surface area contributed by atoms with E-state index in [0.717, 1.165) is 0 Å². The number of hydrogen-bond acceptors (Lipinski definition) is 0. The molecule has 2 unspecified atom stereocenters. The van der Waals surface area contributed by atoms with Crippen LogP contribution in [0.3, 0.4) is 0 Å². The monoisotopic (exact) mass is 984 g/mol. The van der Waals surface area contributed by atoms with Gasteiger partial charge in [0.2, 0.25) is 0 Å². The molecule has 0 saturated carbocycles. The van der Waals surface area contributed by atoms with Gasteiger partial charge in [0, 0.05) is 0 Å². The number of allylic oxidation sites excluding steroid dienone is 2. The van der Waals surface area contributed by atoms with E-state index < -0.39 is 28.0 Å². The minimum absolute atomic E-state index is 0.476. The number of fused-ring (bicyclic) bond motifs is 2. The van der Waals surface area contributed by atoms with Crippen molar-refractivity contribution in [3.05, 3.63) is 227 Å². The van der Waals surface area contributed by atoms with E-state index in [9.17, 15) is 0 Å². The zero-order valence-corrected chi connectivity index (χ0v) is 41.3. The first-order valence-corrected chi connectivity index (χ1v) is 34.5. The Morgan fingerprint density at radius 1 is 0.419 bits per heavy atom. The molecule has 8 aromatic rings. The molecule has 62 heavy (non-hydrogen) atoms. The quantitative estimate of drug-likeness (QED) is 0.120. The van der Waals surface area contributed by atoms with Gasteiger partial charge < -0.3 is 0 Å². The number of hydrogen-bond donors (Lipinski definition) is 0. The van der Waals surface area contributed by atoms with Gasteiger partial charge in [0.1, 0.15) is 0 Å². The second kappa shape index (κ2) is 15.9. The molecule has 0 radical (unpaired) electrons. The van der Waals surface area contributed by atoms with E-state index in [0.29, 0.717) is 7.35 Å². The molecule has 0 nitrogen and oxygen atoms in total. The molecule has 2 aliphatic carbocycles. The minimum atomic E-state index is -3.79. The molecule has 1 heterocycles. The Morgan fingerprint density at radius 3 is 1.24 bits per heavy atom. The van der Waals surface area contributed by atoms with Crippen molar-refractivity contribution in [2.75, 3.05) is 0 Å². The summed E-state index contributed by atoms with van der Waals surface area (Å²) in [7, 11) is -3.11. The number of rotatable bonds is 10. The number of unbranched alkanes of at least 4 members (excludes halogenated alkanes) is 2. The molecule has 2 atom stereocenters. The van der Waals surface area contributed by atoms with Crippen LogP contribution in [0, 0.1) is 0 Å². The Kier molecular flexibility index (Phi) is 10.2. The topological polar surface area (TPSA) is 0 Å². The third kappa shape index (κ3) is 5.71. The molecule has 3 aliphatic rings. The molecule has 8 bridgehead atoms. The fourth-order valence-corrected chi connectivity index (χ4v) is 45.4. The predicted octanol–water partition coefficient (Wildman–Crippen LogP) is 13.7. The van der Waals surface area contributed by atoms with Gasteiger partial charge in [-0.25, -0.2) is 0 Å². The van der Waals surface area contributed by atoms with Crippen molar-refractivity contribution in [3.8, 4) is 0 Å². The summed E-state index contributed by atoms with van der Waals surface area (Å²) >= 11 is -3.79. The van der Waals surface area contributed by atoms with Crippen molar-refractivity contribution in [1.29, 1.82) is 0 Å². The maximum atomic E-state index is 2.63. The van der Waals surface area contributed by atoms with E-state index in [1.54, 1.807) is 43.8 Å². The summed E-state index contributed by atoms with van der Waals surface area (Å²) in [6.07, 6.45) is 5.09. The molecule has 0 amide bonds. The average Bonchev–Trinajstić information content (AvgIpc) is 3.80. The molecule has 304 valence electrons. The average molecular weight is 984 g/mol. The van der Waals surface area contributed by atoms with Crippen LogP contribution < -0.4 is 20.7 Å². The van der Waals surface area contributed by atoms with Crippen LogP contribution in [0.5, 0.6) is 0 Å². The van der Waals surface area contributed by atoms with Crippen LogP contribution in [-0.4, -0.2) is 8.07 Å². The van der Waals surface area contributed by atoms with E-state index in [1.807, 2.05) is 0 Å². The third-order valence-corrected chi connectivity index (χ3v) is 43.1. The molecule has 2 heteroatoms. The Labute approximate surface area is 374 Å². The van der Waals surface area contributed by atoms with Crippen LogP contribution in [-0.2, 0) is 20.0 Å². The standard InChI is InChI=1S/C52H38Si.2C4H9.Hf/c1-35-33-39-21-15-31-47(51(39)49(35)45-29-13-19-37-17-9-11-27-43(37)45)53(41-23-5-3-6-24-41,42-25-7-4-8-26-42)48-32-16-22-40-34-36(2)50(52(40)48)46-30-14-20-38-18-10-12-28-44(38)46;2*1-3-4-2;/h3-34H,1-2H3;2*1,3-4H2,2H3;. The first kappa shape index (κ1) is 39.7. The molecule has 0 spiro atoms. The summed E-state index contributed by atoms with van der Waals surface area (Å²) in [4.78, 5) is 0. The molecule has 11 rings (SSSR count). The van der Waals surface area contributed by atoms with Crippen LogP contribution in [0.4, 0.5) is 0 Å². The van der Waals surface area contributed by atoms with Crippen LogP contribution >= 0.6 is 0 Å². The van der Waals surface area contributed by atoms with Gasteiger partial charge in [-0.2, -0.15) is 0 Å². The van der Waals surface area contributed by atoms with E-state index >= 15 is 0 Å². The summed E-state index contributed by atoms with van der Waals surface area (Å²) in [5.74, 6) is 0. The van der Waals surface area contributed by atoms with Gasteiger partial charge in [-0.3, -0.25) is 0 Å². The zero-order chi connectivity index (χ0) is 42.0. The summed E-state index contributed by atoms with van der Waals surface area (Å²) < 4.78 is 3.77. The van der Waals surface area contributed by atoms with Crippen LogP contribution in [0.1, 0.15) is 94.1 Å². The summed E-state index contributed by atoms with van der Waals surface area (Å²) in [6.45, 7) is 10.1. The fourth-order valence-electron chi connectivity index (χ4n) is 13.2. The molecular weight excluding hydrogens is 927 g/mol. The van der Waals surface area contributed by atoms with E-state index in [4.69, 9.17) is 0 Å². The zero-order valence-electron chi connectivity index (χ0n) is 36.7. The Hall–Kier alpha value is -5.15. The van der Waals surface area contributed by atoms with Crippen LogP contribution in [0.25, 0.3) is 32.7 Å². The molecule has 1 aliphatic heterocycles. The first-order valence-electron chi connectivity index (χ1n) is 23.3. The molecule has 0 N–H and O–H groups in total. The molecule has 0 saturated heterocycles. The first-order chi connectivity index (χ1) is 30.5. The van der Waals surface area contributed by atoms with E-state index in [1.165, 1.54) is 88.2 Å². The summed E-state index contributed by atoms with van der Waals surface area (Å²) in [5, 5.41) is 11.4. The fraction of sp³-hybridized carbons (Fsp3) is 0.200. The van der Waals surface area contributed by atoms with Gasteiger partial charge in [0.15, 0.2) is 0 Å². The second-order valence-corrected chi connectivity index (χ2v) is 38.8. The van der Waals surface area contributed by atoms with E-state index in [2.05, 4.69) is 210 Å². The van der Waals surface area contributed by atoms with Crippen molar-refractivity contribution < 1.29 is 20.0 Å². The predicted molar refractivity (Wildman–Crippen MR) is 266 cm³/mol. The normalized spacial score (nSPS) is 18.2. The van der Waals surface area contributed by atoms with Gasteiger partial charge in [-0.15, -0.1) is 0 Å². The third-order valence-electron chi connectivity index (χ3n) is 15.5. The van der Waals surface area contributed by atoms with Crippen LogP contribution in [0.15, 0.2) is 193 Å². The molecular formula is C60H56HfSi. The molecule has 0 fully saturated rings. The molecule has 8 aromatic carbocycles. The SMILES string of the molecule is CCC[CH2][Hf]1([CH2]CCC)[CH]2C(C)=C(c3cccc4ccccc34)c3c2cccc3[Si](c2ccccc2)(c2ccccc2)c2cccc3c2C(c2cccc4ccccc24)=C(C)[CH]31. The number of benzene rings is 8. The van der Waals surface area contributed by atoms with Crippen LogP contribution in [0.2, 0.25) is 8.35 Å². The second-order valence-electron chi connectivity index (χ2n) is 18.5. The van der Waals surface area contributed by atoms with Crippen molar-refractivity contribution in [3.63, 3.8) is 0 Å². The van der Waals surface area contributed by atoms with Gasteiger partial charge in [0.05, 0.1) is 0 Å². The Morgan fingerprint density at radius 2 is 0.806 bits per heavy atom. The van der Waals surface area contributed by atoms with Gasteiger partial charge in [-0.1, -0.05) is 0 Å². The van der Waals surface area contributed by atoms with Gasteiger partial charge >= 0.3 is 377 Å². The van der Waals surface area contributed by atoms with E-state index in [-0.39, 0.29) is 0 Å². The van der Waals surface area contributed by atoms with Crippen molar-refractivity contribution in [2.45, 2.75) is 69.1 Å².